The molecule has 1 N–H and O–H groups in total. The van der Waals surface area contributed by atoms with E-state index in [1.165, 1.54) is 16.9 Å². The summed E-state index contributed by atoms with van der Waals surface area (Å²) in [4.78, 5) is 14.5. The molecule has 0 unspecified atom stereocenters. The number of aromatic nitrogens is 2. The lowest BCUT2D eigenvalue weighted by Gasteiger charge is -2.31. The van der Waals surface area contributed by atoms with Crippen LogP contribution in [0.1, 0.15) is 46.5 Å². The van der Waals surface area contributed by atoms with E-state index >= 15 is 0 Å². The molecule has 118 valence electrons. The van der Waals surface area contributed by atoms with Crippen molar-refractivity contribution in [1.82, 2.24) is 14.7 Å². The summed E-state index contributed by atoms with van der Waals surface area (Å²) in [5.74, 6) is -0.233. The van der Waals surface area contributed by atoms with Gasteiger partial charge < -0.3 is 5.11 Å². The van der Waals surface area contributed by atoms with E-state index in [1.54, 1.807) is 11.4 Å². The van der Waals surface area contributed by atoms with Gasteiger partial charge in [0, 0.05) is 29.5 Å². The maximum absolute atomic E-state index is 10.9. The van der Waals surface area contributed by atoms with E-state index < -0.39 is 5.97 Å². The maximum atomic E-state index is 10.9. The molecule has 0 bridgehead atoms. The number of rotatable bonds is 5. The molecule has 1 aliphatic rings. The molecule has 2 aromatic rings. The van der Waals surface area contributed by atoms with Crippen LogP contribution in [0.25, 0.3) is 0 Å². The molecule has 3 heterocycles. The van der Waals surface area contributed by atoms with Gasteiger partial charge in [0.1, 0.15) is 0 Å². The fraction of sp³-hybridized carbons (Fsp3) is 0.500. The van der Waals surface area contributed by atoms with Gasteiger partial charge in [-0.2, -0.15) is 5.10 Å². The van der Waals surface area contributed by atoms with Gasteiger partial charge in [-0.3, -0.25) is 9.58 Å². The Balaban J connectivity index is 1.53. The smallest absolute Gasteiger partial charge is 0.336 e. The highest BCUT2D eigenvalue weighted by Crippen LogP contribution is 2.29. The summed E-state index contributed by atoms with van der Waals surface area (Å²) in [7, 11) is 0. The van der Waals surface area contributed by atoms with Crippen molar-refractivity contribution in [3.05, 3.63) is 39.8 Å². The molecule has 22 heavy (non-hydrogen) atoms. The van der Waals surface area contributed by atoms with Gasteiger partial charge in [0.15, 0.2) is 0 Å². The third-order valence-electron chi connectivity index (χ3n) is 4.32. The molecule has 1 saturated heterocycles. The molecule has 1 aliphatic heterocycles. The second-order valence-corrected chi connectivity index (χ2v) is 6.78. The van der Waals surface area contributed by atoms with Gasteiger partial charge in [-0.25, -0.2) is 4.79 Å². The van der Waals surface area contributed by atoms with Crippen molar-refractivity contribution in [3.63, 3.8) is 0 Å². The highest BCUT2D eigenvalue weighted by molar-refractivity contribution is 7.10. The van der Waals surface area contributed by atoms with Gasteiger partial charge in [-0.15, -0.1) is 11.3 Å². The van der Waals surface area contributed by atoms with Crippen LogP contribution in [0.5, 0.6) is 0 Å². The zero-order valence-corrected chi connectivity index (χ0v) is 13.6. The fourth-order valence-corrected chi connectivity index (χ4v) is 3.88. The Morgan fingerprint density at radius 3 is 2.82 bits per heavy atom. The SMILES string of the molecule is CCn1cc(C2CCN(Cc3cc(C(=O)O)cs3)CC2)cn1. The molecule has 1 fully saturated rings. The van der Waals surface area contributed by atoms with Gasteiger partial charge in [0.2, 0.25) is 0 Å². The molecule has 0 saturated carbocycles. The van der Waals surface area contributed by atoms with E-state index in [4.69, 9.17) is 5.11 Å². The minimum atomic E-state index is -0.839. The van der Waals surface area contributed by atoms with Crippen molar-refractivity contribution in [2.75, 3.05) is 13.1 Å². The molecule has 0 atom stereocenters. The molecule has 0 aliphatic carbocycles. The summed E-state index contributed by atoms with van der Waals surface area (Å²) in [5.41, 5.74) is 1.76. The van der Waals surface area contributed by atoms with E-state index in [0.717, 1.165) is 43.9 Å². The van der Waals surface area contributed by atoms with Crippen molar-refractivity contribution < 1.29 is 9.90 Å². The summed E-state index contributed by atoms with van der Waals surface area (Å²) in [6, 6.07) is 1.80. The number of hydrogen-bond acceptors (Lipinski definition) is 4. The molecule has 5 nitrogen and oxygen atoms in total. The first-order valence-corrected chi connectivity index (χ1v) is 8.59. The van der Waals surface area contributed by atoms with Crippen LogP contribution in [0, 0.1) is 0 Å². The lowest BCUT2D eigenvalue weighted by molar-refractivity contribution is 0.0697. The summed E-state index contributed by atoms with van der Waals surface area (Å²) < 4.78 is 1.99. The molecule has 0 amide bonds. The van der Waals surface area contributed by atoms with Crippen molar-refractivity contribution >= 4 is 17.3 Å². The van der Waals surface area contributed by atoms with Gasteiger partial charge in [-0.1, -0.05) is 0 Å². The van der Waals surface area contributed by atoms with Gasteiger partial charge >= 0.3 is 5.97 Å². The number of thiophene rings is 1. The van der Waals surface area contributed by atoms with E-state index in [0.29, 0.717) is 11.5 Å². The Kier molecular flexibility index (Phi) is 4.59. The molecule has 2 aromatic heterocycles. The molecule has 0 radical (unpaired) electrons. The Labute approximate surface area is 134 Å². The average molecular weight is 319 g/mol. The molecule has 3 rings (SSSR count). The molecular formula is C16H21N3O2S. The Bertz CT molecular complexity index is 641. The topological polar surface area (TPSA) is 58.4 Å². The van der Waals surface area contributed by atoms with Crippen LogP contribution in [0.4, 0.5) is 0 Å². The van der Waals surface area contributed by atoms with E-state index in [1.807, 2.05) is 10.9 Å². The predicted octanol–water partition coefficient (Wildman–Crippen LogP) is 3.04. The van der Waals surface area contributed by atoms with Crippen molar-refractivity contribution in [3.8, 4) is 0 Å². The van der Waals surface area contributed by atoms with Crippen LogP contribution in [-0.4, -0.2) is 38.8 Å². The predicted molar refractivity (Wildman–Crippen MR) is 86.4 cm³/mol. The molecule has 0 spiro atoms. The van der Waals surface area contributed by atoms with E-state index in [9.17, 15) is 4.79 Å². The lowest BCUT2D eigenvalue weighted by Crippen LogP contribution is -2.32. The van der Waals surface area contributed by atoms with Crippen LogP contribution in [-0.2, 0) is 13.1 Å². The summed E-state index contributed by atoms with van der Waals surface area (Å²) in [6.45, 7) is 6.00. The highest BCUT2D eigenvalue weighted by atomic mass is 32.1. The van der Waals surface area contributed by atoms with Crippen molar-refractivity contribution in [1.29, 1.82) is 0 Å². The molecule has 0 aromatic carbocycles. The van der Waals surface area contributed by atoms with Crippen LogP contribution < -0.4 is 0 Å². The maximum Gasteiger partial charge on any atom is 0.336 e. The normalized spacial score (nSPS) is 17.0. The van der Waals surface area contributed by atoms with Crippen molar-refractivity contribution in [2.24, 2.45) is 0 Å². The summed E-state index contributed by atoms with van der Waals surface area (Å²) in [6.07, 6.45) is 6.46. The largest absolute Gasteiger partial charge is 0.478 e. The van der Waals surface area contributed by atoms with Crippen LogP contribution in [0.3, 0.4) is 0 Å². The summed E-state index contributed by atoms with van der Waals surface area (Å²) >= 11 is 1.54. The van der Waals surface area contributed by atoms with Crippen molar-refractivity contribution in [2.45, 2.75) is 38.8 Å². The number of aromatic carboxylic acids is 1. The van der Waals surface area contributed by atoms with Crippen LogP contribution in [0.15, 0.2) is 23.8 Å². The summed E-state index contributed by atoms with van der Waals surface area (Å²) in [5, 5.41) is 15.1. The van der Waals surface area contributed by atoms with E-state index in [2.05, 4.69) is 23.1 Å². The number of piperidine rings is 1. The average Bonchev–Trinajstić information content (AvgIpc) is 3.17. The Hall–Kier alpha value is -1.66. The van der Waals surface area contributed by atoms with Gasteiger partial charge in [-0.05, 0) is 50.4 Å². The number of carboxylic acid groups (broad SMARTS) is 1. The minimum absolute atomic E-state index is 0.405. The van der Waals surface area contributed by atoms with Crippen LogP contribution >= 0.6 is 11.3 Å². The number of carboxylic acids is 1. The highest BCUT2D eigenvalue weighted by Gasteiger charge is 2.22. The minimum Gasteiger partial charge on any atom is -0.478 e. The molecular weight excluding hydrogens is 298 g/mol. The first-order valence-electron chi connectivity index (χ1n) is 7.71. The Morgan fingerprint density at radius 1 is 1.45 bits per heavy atom. The quantitative estimate of drug-likeness (QED) is 0.920. The number of aryl methyl sites for hydroxylation is 1. The van der Waals surface area contributed by atoms with Crippen LogP contribution in [0.2, 0.25) is 0 Å². The Morgan fingerprint density at radius 2 is 2.23 bits per heavy atom. The standard InChI is InChI=1S/C16H21N3O2S/c1-2-19-9-14(8-17-19)12-3-5-18(6-4-12)10-15-7-13(11-22-15)16(20)21/h7-9,11-12H,2-6,10H2,1H3,(H,20,21). The van der Waals surface area contributed by atoms with E-state index in [-0.39, 0.29) is 0 Å². The van der Waals surface area contributed by atoms with Gasteiger partial charge in [0.05, 0.1) is 11.8 Å². The fourth-order valence-electron chi connectivity index (χ4n) is 2.98. The zero-order valence-electron chi connectivity index (χ0n) is 12.7. The number of hydrogen-bond donors (Lipinski definition) is 1. The third kappa shape index (κ3) is 3.39. The van der Waals surface area contributed by atoms with Gasteiger partial charge in [0.25, 0.3) is 0 Å². The second kappa shape index (κ2) is 6.62. The second-order valence-electron chi connectivity index (χ2n) is 5.79. The monoisotopic (exact) mass is 319 g/mol. The molecule has 6 heteroatoms. The number of nitrogens with zero attached hydrogens (tertiary/aromatic N) is 3. The number of carbonyl (C=O) groups is 1. The third-order valence-corrected chi connectivity index (χ3v) is 5.24. The zero-order chi connectivity index (χ0) is 15.5. The lowest BCUT2D eigenvalue weighted by atomic mass is 9.91. The first kappa shape index (κ1) is 15.2. The first-order chi connectivity index (χ1) is 10.7. The number of likely N-dealkylation sites (tertiary alicyclic amines) is 1.